The fourth-order valence-electron chi connectivity index (χ4n) is 1.92. The van der Waals surface area contributed by atoms with Gasteiger partial charge in [-0.3, -0.25) is 19.3 Å². The van der Waals surface area contributed by atoms with Crippen molar-refractivity contribution in [2.75, 3.05) is 11.9 Å². The Morgan fingerprint density at radius 2 is 1.71 bits per heavy atom. The summed E-state index contributed by atoms with van der Waals surface area (Å²) in [5.74, 6) is -6.00. The first-order valence-electron chi connectivity index (χ1n) is 6.16. The molecule has 1 N–H and O–H groups in total. The van der Waals surface area contributed by atoms with E-state index in [1.807, 2.05) is 0 Å². The lowest BCUT2D eigenvalue weighted by Crippen LogP contribution is -2.32. The minimum atomic E-state index is -1.68. The molecule has 3 amide bonds. The summed E-state index contributed by atoms with van der Waals surface area (Å²) >= 11 is 0. The summed E-state index contributed by atoms with van der Waals surface area (Å²) in [6, 6.07) is 1.57. The van der Waals surface area contributed by atoms with Crippen LogP contribution in [0.15, 0.2) is 12.1 Å². The molecule has 1 aliphatic heterocycles. The summed E-state index contributed by atoms with van der Waals surface area (Å²) < 4.78 is 39.0. The van der Waals surface area contributed by atoms with E-state index in [1.54, 1.807) is 0 Å². The molecule has 0 aromatic heterocycles. The Kier molecular flexibility index (Phi) is 4.25. The summed E-state index contributed by atoms with van der Waals surface area (Å²) in [5.41, 5.74) is -0.502. The Morgan fingerprint density at radius 1 is 1.10 bits per heavy atom. The number of hydrogen-bond acceptors (Lipinski definition) is 3. The summed E-state index contributed by atoms with van der Waals surface area (Å²) in [6.45, 7) is -0.130. The van der Waals surface area contributed by atoms with Gasteiger partial charge in [0.05, 0.1) is 5.69 Å². The Labute approximate surface area is 117 Å². The SMILES string of the molecule is O=C(CCN1C(=O)CCC1=O)Nc1ccc(F)c(F)c1F. The van der Waals surface area contributed by atoms with Crippen molar-refractivity contribution in [3.63, 3.8) is 0 Å². The Morgan fingerprint density at radius 3 is 2.33 bits per heavy atom. The Balaban J connectivity index is 1.95. The van der Waals surface area contributed by atoms with E-state index in [2.05, 4.69) is 5.32 Å². The smallest absolute Gasteiger partial charge is 0.229 e. The molecule has 21 heavy (non-hydrogen) atoms. The highest BCUT2D eigenvalue weighted by Crippen LogP contribution is 2.20. The van der Waals surface area contributed by atoms with Crippen LogP contribution in [0.4, 0.5) is 18.9 Å². The molecule has 1 aromatic rings. The molecule has 112 valence electrons. The Hall–Kier alpha value is -2.38. The predicted octanol–water partition coefficient (Wildman–Crippen LogP) is 1.58. The molecule has 2 rings (SSSR count). The molecule has 0 aliphatic carbocycles. The number of rotatable bonds is 4. The van der Waals surface area contributed by atoms with Crippen LogP contribution in [0.5, 0.6) is 0 Å². The second kappa shape index (κ2) is 5.94. The maximum atomic E-state index is 13.3. The van der Waals surface area contributed by atoms with Crippen LogP contribution in [0.25, 0.3) is 0 Å². The zero-order valence-corrected chi connectivity index (χ0v) is 10.8. The lowest BCUT2D eigenvalue weighted by atomic mass is 10.2. The number of carbonyl (C=O) groups excluding carboxylic acids is 3. The van der Waals surface area contributed by atoms with Crippen molar-refractivity contribution in [3.8, 4) is 0 Å². The van der Waals surface area contributed by atoms with Gasteiger partial charge in [0.1, 0.15) is 0 Å². The number of hydrogen-bond donors (Lipinski definition) is 1. The molecule has 0 saturated carbocycles. The normalized spacial score (nSPS) is 14.7. The van der Waals surface area contributed by atoms with Gasteiger partial charge >= 0.3 is 0 Å². The van der Waals surface area contributed by atoms with E-state index in [0.717, 1.165) is 11.0 Å². The van der Waals surface area contributed by atoms with E-state index in [1.165, 1.54) is 0 Å². The van der Waals surface area contributed by atoms with Gasteiger partial charge in [-0.1, -0.05) is 0 Å². The van der Waals surface area contributed by atoms with E-state index in [-0.39, 0.29) is 37.6 Å². The van der Waals surface area contributed by atoms with Crippen LogP contribution in [0, 0.1) is 17.5 Å². The highest BCUT2D eigenvalue weighted by Gasteiger charge is 2.28. The van der Waals surface area contributed by atoms with E-state index >= 15 is 0 Å². The Bertz CT molecular complexity index is 603. The average molecular weight is 300 g/mol. The van der Waals surface area contributed by atoms with Crippen molar-refractivity contribution in [2.24, 2.45) is 0 Å². The van der Waals surface area contributed by atoms with E-state index in [4.69, 9.17) is 0 Å². The van der Waals surface area contributed by atoms with Crippen LogP contribution in [0.3, 0.4) is 0 Å². The molecule has 1 fully saturated rings. The molecule has 0 unspecified atom stereocenters. The largest absolute Gasteiger partial charge is 0.323 e. The molecule has 1 saturated heterocycles. The number of carbonyl (C=O) groups is 3. The third-order valence-electron chi connectivity index (χ3n) is 3.03. The van der Waals surface area contributed by atoms with Gasteiger partial charge in [-0.05, 0) is 12.1 Å². The van der Waals surface area contributed by atoms with Crippen molar-refractivity contribution in [1.29, 1.82) is 0 Å². The maximum absolute atomic E-state index is 13.3. The number of halogens is 3. The summed E-state index contributed by atoms with van der Waals surface area (Å²) in [6.07, 6.45) is -0.0353. The van der Waals surface area contributed by atoms with Crippen LogP contribution in [0.1, 0.15) is 19.3 Å². The van der Waals surface area contributed by atoms with Gasteiger partial charge in [0.15, 0.2) is 17.5 Å². The van der Waals surface area contributed by atoms with Gasteiger partial charge in [-0.2, -0.15) is 0 Å². The number of amides is 3. The van der Waals surface area contributed by atoms with Gasteiger partial charge in [-0.15, -0.1) is 0 Å². The molecule has 8 heteroatoms. The molecule has 0 bridgehead atoms. The highest BCUT2D eigenvalue weighted by atomic mass is 19.2. The van der Waals surface area contributed by atoms with Gasteiger partial charge in [-0.25, -0.2) is 13.2 Å². The quantitative estimate of drug-likeness (QED) is 0.678. The summed E-state index contributed by atoms with van der Waals surface area (Å²) in [5, 5.41) is 2.06. The van der Waals surface area contributed by atoms with Crippen LogP contribution in [-0.4, -0.2) is 29.2 Å². The number of likely N-dealkylation sites (tertiary alicyclic amines) is 1. The number of anilines is 1. The van der Waals surface area contributed by atoms with Crippen molar-refractivity contribution < 1.29 is 27.6 Å². The van der Waals surface area contributed by atoms with Crippen molar-refractivity contribution in [2.45, 2.75) is 19.3 Å². The third-order valence-corrected chi connectivity index (χ3v) is 3.03. The number of benzene rings is 1. The first-order valence-corrected chi connectivity index (χ1v) is 6.16. The third kappa shape index (κ3) is 3.21. The van der Waals surface area contributed by atoms with Gasteiger partial charge in [0, 0.05) is 25.8 Å². The molecule has 1 aliphatic rings. The second-order valence-electron chi connectivity index (χ2n) is 4.46. The van der Waals surface area contributed by atoms with Gasteiger partial charge < -0.3 is 5.32 Å². The zero-order valence-electron chi connectivity index (χ0n) is 10.8. The fraction of sp³-hybridized carbons (Fsp3) is 0.308. The number of imide groups is 1. The van der Waals surface area contributed by atoms with Crippen molar-refractivity contribution >= 4 is 23.4 Å². The first-order chi connectivity index (χ1) is 9.90. The molecule has 1 aromatic carbocycles. The van der Waals surface area contributed by atoms with Crippen LogP contribution < -0.4 is 5.32 Å². The second-order valence-corrected chi connectivity index (χ2v) is 4.46. The minimum absolute atomic E-state index is 0.109. The van der Waals surface area contributed by atoms with Crippen LogP contribution in [0.2, 0.25) is 0 Å². The minimum Gasteiger partial charge on any atom is -0.323 e. The summed E-state index contributed by atoms with van der Waals surface area (Å²) in [7, 11) is 0. The van der Waals surface area contributed by atoms with E-state index in [9.17, 15) is 27.6 Å². The van der Waals surface area contributed by atoms with Crippen molar-refractivity contribution in [3.05, 3.63) is 29.6 Å². The molecular formula is C13H11F3N2O3. The van der Waals surface area contributed by atoms with Crippen LogP contribution in [-0.2, 0) is 14.4 Å². The predicted molar refractivity (Wildman–Crippen MR) is 65.5 cm³/mol. The maximum Gasteiger partial charge on any atom is 0.229 e. The van der Waals surface area contributed by atoms with Gasteiger partial charge in [0.2, 0.25) is 17.7 Å². The van der Waals surface area contributed by atoms with Crippen molar-refractivity contribution in [1.82, 2.24) is 4.90 Å². The molecule has 0 atom stereocenters. The lowest BCUT2D eigenvalue weighted by molar-refractivity contribution is -0.138. The van der Waals surface area contributed by atoms with E-state index in [0.29, 0.717) is 6.07 Å². The molecular weight excluding hydrogens is 289 g/mol. The molecule has 0 spiro atoms. The monoisotopic (exact) mass is 300 g/mol. The fourth-order valence-corrected chi connectivity index (χ4v) is 1.92. The molecule has 0 radical (unpaired) electrons. The molecule has 1 heterocycles. The van der Waals surface area contributed by atoms with E-state index < -0.39 is 29.0 Å². The first kappa shape index (κ1) is 15.0. The number of nitrogens with one attached hydrogen (secondary N) is 1. The standard InChI is InChI=1S/C13H11F3N2O3/c14-7-1-2-8(13(16)12(7)15)17-9(19)5-6-18-10(20)3-4-11(18)21/h1-2H,3-6H2,(H,17,19). The van der Waals surface area contributed by atoms with Crippen LogP contribution >= 0.6 is 0 Å². The molecule has 5 nitrogen and oxygen atoms in total. The van der Waals surface area contributed by atoms with Gasteiger partial charge in [0.25, 0.3) is 0 Å². The number of nitrogens with zero attached hydrogens (tertiary/aromatic N) is 1. The topological polar surface area (TPSA) is 66.5 Å². The summed E-state index contributed by atoms with van der Waals surface area (Å²) in [4.78, 5) is 35.2. The lowest BCUT2D eigenvalue weighted by Gasteiger charge is -2.13. The highest BCUT2D eigenvalue weighted by molar-refractivity contribution is 6.02. The average Bonchev–Trinajstić information content (AvgIpc) is 2.76. The zero-order chi connectivity index (χ0) is 15.6.